The molecule has 1 rings (SSSR count). The van der Waals surface area contributed by atoms with Gasteiger partial charge in [-0.05, 0) is 18.6 Å². The van der Waals surface area contributed by atoms with Crippen LogP contribution in [0.3, 0.4) is 0 Å². The highest BCUT2D eigenvalue weighted by Crippen LogP contribution is 2.09. The van der Waals surface area contributed by atoms with Crippen molar-refractivity contribution in [1.82, 2.24) is 15.4 Å². The van der Waals surface area contributed by atoms with Crippen molar-refractivity contribution in [3.63, 3.8) is 0 Å². The second kappa shape index (κ2) is 12.4. The van der Waals surface area contributed by atoms with Crippen molar-refractivity contribution in [3.8, 4) is 0 Å². The van der Waals surface area contributed by atoms with Crippen molar-refractivity contribution in [3.05, 3.63) is 30.3 Å². The number of aliphatic imine (C=N–C) groups is 1. The molecule has 13 heteroatoms. The van der Waals surface area contributed by atoms with E-state index in [0.717, 1.165) is 0 Å². The standard InChI is InChI=1S/C17H26N6O6S/c18-17(19)22-8-4-7-14(24)20-9-10-21-15(25)11-13(16(26)27)23-30(28,29)12-5-2-1-3-6-12/h1-3,5-6,13,23H,4,7-11H2,(H,20,24)(H,21,25)(H,26,27)(H4,18,19,22). The number of carboxylic acid groups (broad SMARTS) is 1. The fraction of sp³-hybridized carbons (Fsp3) is 0.412. The smallest absolute Gasteiger partial charge is 0.322 e. The number of guanidine groups is 1. The van der Waals surface area contributed by atoms with E-state index in [0.29, 0.717) is 13.0 Å². The maximum atomic E-state index is 12.2. The maximum Gasteiger partial charge on any atom is 0.322 e. The zero-order valence-corrected chi connectivity index (χ0v) is 17.0. The first-order valence-corrected chi connectivity index (χ1v) is 10.5. The number of carbonyl (C=O) groups is 3. The molecule has 0 spiro atoms. The van der Waals surface area contributed by atoms with Crippen molar-refractivity contribution in [2.45, 2.75) is 30.2 Å². The lowest BCUT2D eigenvalue weighted by Gasteiger charge is -2.15. The van der Waals surface area contributed by atoms with Gasteiger partial charge in [0, 0.05) is 26.1 Å². The largest absolute Gasteiger partial charge is 0.480 e. The molecule has 0 heterocycles. The lowest BCUT2D eigenvalue weighted by molar-refractivity contribution is -0.141. The molecule has 0 fully saturated rings. The highest BCUT2D eigenvalue weighted by atomic mass is 32.2. The second-order valence-electron chi connectivity index (χ2n) is 6.14. The van der Waals surface area contributed by atoms with Gasteiger partial charge in [-0.2, -0.15) is 4.72 Å². The molecule has 0 saturated heterocycles. The molecule has 12 nitrogen and oxygen atoms in total. The lowest BCUT2D eigenvalue weighted by atomic mass is 10.2. The van der Waals surface area contributed by atoms with Crippen molar-refractivity contribution < 1.29 is 27.9 Å². The minimum atomic E-state index is -4.10. The minimum absolute atomic E-state index is 0.0518. The van der Waals surface area contributed by atoms with Gasteiger partial charge in [-0.25, -0.2) is 8.42 Å². The number of nitrogens with two attached hydrogens (primary N) is 2. The Balaban J connectivity index is 2.40. The number of rotatable bonds is 13. The quantitative estimate of drug-likeness (QED) is 0.115. The number of hydrogen-bond donors (Lipinski definition) is 6. The molecule has 8 N–H and O–H groups in total. The predicted octanol–water partition coefficient (Wildman–Crippen LogP) is -1.91. The molecule has 1 atom stereocenters. The van der Waals surface area contributed by atoms with E-state index in [-0.39, 0.29) is 36.3 Å². The number of benzene rings is 1. The van der Waals surface area contributed by atoms with E-state index >= 15 is 0 Å². The van der Waals surface area contributed by atoms with Crippen molar-refractivity contribution >= 4 is 33.8 Å². The van der Waals surface area contributed by atoms with Crippen LogP contribution < -0.4 is 26.8 Å². The topological polar surface area (TPSA) is 206 Å². The van der Waals surface area contributed by atoms with Crippen molar-refractivity contribution in [2.24, 2.45) is 16.5 Å². The first-order valence-electron chi connectivity index (χ1n) is 9.01. The fourth-order valence-electron chi connectivity index (χ4n) is 2.23. The third-order valence-electron chi connectivity index (χ3n) is 3.66. The summed E-state index contributed by atoms with van der Waals surface area (Å²) in [5.74, 6) is -2.48. The van der Waals surface area contributed by atoms with Gasteiger partial charge >= 0.3 is 5.97 Å². The van der Waals surface area contributed by atoms with Gasteiger partial charge in [0.25, 0.3) is 0 Å². The molecule has 0 bridgehead atoms. The van der Waals surface area contributed by atoms with Crippen LogP contribution in [0.1, 0.15) is 19.3 Å². The number of nitrogens with one attached hydrogen (secondary N) is 3. The number of carbonyl (C=O) groups excluding carboxylic acids is 2. The van der Waals surface area contributed by atoms with Crippen molar-refractivity contribution in [1.29, 1.82) is 0 Å². The summed E-state index contributed by atoms with van der Waals surface area (Å²) in [6.45, 7) is 0.499. The van der Waals surface area contributed by atoms with E-state index in [1.54, 1.807) is 6.07 Å². The Kier molecular flexibility index (Phi) is 10.3. The van der Waals surface area contributed by atoms with Crippen LogP contribution in [0.25, 0.3) is 0 Å². The zero-order valence-electron chi connectivity index (χ0n) is 16.2. The number of carboxylic acids is 1. The van der Waals surface area contributed by atoms with Crippen LogP contribution >= 0.6 is 0 Å². The van der Waals surface area contributed by atoms with E-state index in [1.165, 1.54) is 24.3 Å². The summed E-state index contributed by atoms with van der Waals surface area (Å²) in [5.41, 5.74) is 10.3. The lowest BCUT2D eigenvalue weighted by Crippen LogP contribution is -2.44. The predicted molar refractivity (Wildman–Crippen MR) is 109 cm³/mol. The van der Waals surface area contributed by atoms with E-state index in [9.17, 15) is 27.9 Å². The van der Waals surface area contributed by atoms with Crippen LogP contribution in [0.5, 0.6) is 0 Å². The Morgan fingerprint density at radius 3 is 2.20 bits per heavy atom. The summed E-state index contributed by atoms with van der Waals surface area (Å²) in [4.78, 5) is 38.5. The number of aliphatic carboxylic acids is 1. The summed E-state index contributed by atoms with van der Waals surface area (Å²) in [6, 6.07) is 5.57. The summed E-state index contributed by atoms with van der Waals surface area (Å²) >= 11 is 0. The molecule has 0 radical (unpaired) electrons. The van der Waals surface area contributed by atoms with Gasteiger partial charge in [0.2, 0.25) is 21.8 Å². The van der Waals surface area contributed by atoms with Crippen LogP contribution in [-0.4, -0.2) is 62.9 Å². The molecule has 0 aromatic heterocycles. The molecule has 1 aromatic carbocycles. The van der Waals surface area contributed by atoms with Gasteiger partial charge in [0.1, 0.15) is 6.04 Å². The fourth-order valence-corrected chi connectivity index (χ4v) is 3.44. The molecule has 0 aliphatic heterocycles. The van der Waals surface area contributed by atoms with Gasteiger partial charge < -0.3 is 27.2 Å². The van der Waals surface area contributed by atoms with Gasteiger partial charge in [-0.15, -0.1) is 0 Å². The summed E-state index contributed by atoms with van der Waals surface area (Å²) in [6.07, 6.45) is 0.0544. The summed E-state index contributed by atoms with van der Waals surface area (Å²) < 4.78 is 26.5. The molecule has 0 aliphatic rings. The molecule has 2 amide bonds. The molecule has 166 valence electrons. The van der Waals surface area contributed by atoms with E-state index in [1.807, 2.05) is 4.72 Å². The monoisotopic (exact) mass is 442 g/mol. The molecule has 30 heavy (non-hydrogen) atoms. The van der Waals surface area contributed by atoms with Crippen LogP contribution in [0.2, 0.25) is 0 Å². The molecule has 1 aromatic rings. The first kappa shape index (κ1) is 24.8. The molecule has 0 aliphatic carbocycles. The average Bonchev–Trinajstić information content (AvgIpc) is 2.68. The molecular formula is C17H26N6O6S. The minimum Gasteiger partial charge on any atom is -0.480 e. The Labute approximate surface area is 174 Å². The number of hydrogen-bond acceptors (Lipinski definition) is 6. The normalized spacial score (nSPS) is 11.9. The van der Waals surface area contributed by atoms with Gasteiger partial charge in [-0.1, -0.05) is 18.2 Å². The molecule has 1 unspecified atom stereocenters. The van der Waals surface area contributed by atoms with Crippen LogP contribution in [0, 0.1) is 0 Å². The highest BCUT2D eigenvalue weighted by Gasteiger charge is 2.27. The summed E-state index contributed by atoms with van der Waals surface area (Å²) in [7, 11) is -4.10. The van der Waals surface area contributed by atoms with E-state index in [2.05, 4.69) is 15.6 Å². The Morgan fingerprint density at radius 1 is 1.03 bits per heavy atom. The van der Waals surface area contributed by atoms with Crippen LogP contribution in [0.15, 0.2) is 40.2 Å². The van der Waals surface area contributed by atoms with Crippen LogP contribution in [0.4, 0.5) is 0 Å². The third kappa shape index (κ3) is 9.84. The summed E-state index contributed by atoms with van der Waals surface area (Å²) in [5, 5.41) is 14.2. The third-order valence-corrected chi connectivity index (χ3v) is 5.15. The van der Waals surface area contributed by atoms with Gasteiger partial charge in [0.05, 0.1) is 11.3 Å². The van der Waals surface area contributed by atoms with Crippen molar-refractivity contribution in [2.75, 3.05) is 19.6 Å². The maximum absolute atomic E-state index is 12.2. The van der Waals surface area contributed by atoms with Crippen LogP contribution in [-0.2, 0) is 24.4 Å². The van der Waals surface area contributed by atoms with Gasteiger partial charge in [0.15, 0.2) is 5.96 Å². The van der Waals surface area contributed by atoms with Gasteiger partial charge in [-0.3, -0.25) is 19.4 Å². The Bertz CT molecular complexity index is 855. The number of sulfonamides is 1. The molecular weight excluding hydrogens is 416 g/mol. The average molecular weight is 442 g/mol. The van der Waals surface area contributed by atoms with E-state index in [4.69, 9.17) is 11.5 Å². The number of amides is 2. The SMILES string of the molecule is NC(N)=NCCCC(=O)NCCNC(=O)CC(NS(=O)(=O)c1ccccc1)C(=O)O. The zero-order chi connectivity index (χ0) is 22.6. The molecule has 0 saturated carbocycles. The second-order valence-corrected chi connectivity index (χ2v) is 7.85. The van der Waals surface area contributed by atoms with E-state index < -0.39 is 34.4 Å². The highest BCUT2D eigenvalue weighted by molar-refractivity contribution is 7.89. The number of nitrogens with zero attached hydrogens (tertiary/aromatic N) is 1. The Morgan fingerprint density at radius 2 is 1.63 bits per heavy atom. The first-order chi connectivity index (χ1) is 14.1. The Hall–Kier alpha value is -3.19.